The zero-order valence-corrected chi connectivity index (χ0v) is 20.0. The SMILES string of the molecule is CCNC(=O)Nc1cccc(C2OC(CSc3nncn3C)CC(c3ccc(CO)cc3)O2)c1. The van der Waals surface area contributed by atoms with Crippen LogP contribution in [-0.2, 0) is 23.1 Å². The van der Waals surface area contributed by atoms with Gasteiger partial charge in [0.25, 0.3) is 0 Å². The molecule has 34 heavy (non-hydrogen) atoms. The van der Waals surface area contributed by atoms with Gasteiger partial charge in [0.15, 0.2) is 11.4 Å². The van der Waals surface area contributed by atoms with Gasteiger partial charge in [-0.15, -0.1) is 10.2 Å². The summed E-state index contributed by atoms with van der Waals surface area (Å²) >= 11 is 1.59. The molecule has 0 bridgehead atoms. The number of rotatable bonds is 8. The smallest absolute Gasteiger partial charge is 0.319 e. The predicted molar refractivity (Wildman–Crippen MR) is 129 cm³/mol. The molecule has 1 aliphatic heterocycles. The van der Waals surface area contributed by atoms with Crippen molar-refractivity contribution >= 4 is 23.5 Å². The molecule has 0 spiro atoms. The highest BCUT2D eigenvalue weighted by Gasteiger charge is 2.32. The van der Waals surface area contributed by atoms with Crippen LogP contribution in [0.3, 0.4) is 0 Å². The molecule has 3 unspecified atom stereocenters. The summed E-state index contributed by atoms with van der Waals surface area (Å²) in [6, 6.07) is 15.0. The number of thioether (sulfide) groups is 1. The highest BCUT2D eigenvalue weighted by Crippen LogP contribution is 2.39. The van der Waals surface area contributed by atoms with E-state index in [1.165, 1.54) is 0 Å². The minimum Gasteiger partial charge on any atom is -0.392 e. The molecule has 2 heterocycles. The van der Waals surface area contributed by atoms with Crippen molar-refractivity contribution in [3.05, 3.63) is 71.5 Å². The molecule has 3 atom stereocenters. The molecule has 10 heteroatoms. The van der Waals surface area contributed by atoms with Gasteiger partial charge in [-0.25, -0.2) is 4.79 Å². The first kappa shape index (κ1) is 24.2. The summed E-state index contributed by atoms with van der Waals surface area (Å²) in [6.45, 7) is 2.41. The Kier molecular flexibility index (Phi) is 8.17. The van der Waals surface area contributed by atoms with Crippen molar-refractivity contribution in [3.8, 4) is 0 Å². The number of aliphatic hydroxyl groups excluding tert-OH is 1. The van der Waals surface area contributed by atoms with Gasteiger partial charge in [0.2, 0.25) is 0 Å². The van der Waals surface area contributed by atoms with E-state index in [0.29, 0.717) is 24.4 Å². The average molecular weight is 484 g/mol. The monoisotopic (exact) mass is 483 g/mol. The molecule has 1 fully saturated rings. The molecule has 1 saturated heterocycles. The van der Waals surface area contributed by atoms with Crippen LogP contribution >= 0.6 is 11.8 Å². The number of benzene rings is 2. The molecule has 0 saturated carbocycles. The van der Waals surface area contributed by atoms with E-state index in [9.17, 15) is 9.90 Å². The third-order valence-electron chi connectivity index (χ3n) is 5.44. The molecular weight excluding hydrogens is 454 g/mol. The van der Waals surface area contributed by atoms with Crippen molar-refractivity contribution in [1.82, 2.24) is 20.1 Å². The van der Waals surface area contributed by atoms with Gasteiger partial charge >= 0.3 is 6.03 Å². The molecule has 0 aliphatic carbocycles. The predicted octanol–water partition coefficient (Wildman–Crippen LogP) is 3.79. The molecule has 4 rings (SSSR count). The van der Waals surface area contributed by atoms with Gasteiger partial charge in [-0.3, -0.25) is 0 Å². The Labute approximate surface area is 202 Å². The fourth-order valence-electron chi connectivity index (χ4n) is 3.69. The minimum absolute atomic E-state index is 0.0000932. The van der Waals surface area contributed by atoms with Crippen LogP contribution in [0.2, 0.25) is 0 Å². The number of aryl methyl sites for hydroxylation is 1. The van der Waals surface area contributed by atoms with Crippen LogP contribution in [-0.4, -0.2) is 44.3 Å². The third kappa shape index (κ3) is 6.15. The lowest BCUT2D eigenvalue weighted by atomic mass is 10.0. The largest absolute Gasteiger partial charge is 0.392 e. The number of aromatic nitrogens is 3. The van der Waals surface area contributed by atoms with Gasteiger partial charge in [-0.05, 0) is 30.2 Å². The van der Waals surface area contributed by atoms with Gasteiger partial charge < -0.3 is 29.8 Å². The van der Waals surface area contributed by atoms with Crippen molar-refractivity contribution in [2.24, 2.45) is 7.05 Å². The Morgan fingerprint density at radius 3 is 2.74 bits per heavy atom. The van der Waals surface area contributed by atoms with E-state index < -0.39 is 6.29 Å². The molecule has 1 aliphatic rings. The number of amides is 2. The lowest BCUT2D eigenvalue weighted by Gasteiger charge is -2.36. The van der Waals surface area contributed by atoms with Crippen molar-refractivity contribution in [1.29, 1.82) is 0 Å². The van der Waals surface area contributed by atoms with Crippen LogP contribution in [0.1, 0.15) is 42.4 Å². The van der Waals surface area contributed by atoms with Crippen molar-refractivity contribution in [2.75, 3.05) is 17.6 Å². The second-order valence-corrected chi connectivity index (χ2v) is 8.98. The van der Waals surface area contributed by atoms with Crippen molar-refractivity contribution in [2.45, 2.75) is 43.6 Å². The van der Waals surface area contributed by atoms with E-state index in [4.69, 9.17) is 9.47 Å². The van der Waals surface area contributed by atoms with Gasteiger partial charge in [-0.1, -0.05) is 48.2 Å². The number of hydrogen-bond acceptors (Lipinski definition) is 7. The van der Waals surface area contributed by atoms with E-state index >= 15 is 0 Å². The third-order valence-corrected chi connectivity index (χ3v) is 6.60. The van der Waals surface area contributed by atoms with Crippen molar-refractivity contribution in [3.63, 3.8) is 0 Å². The fourth-order valence-corrected chi connectivity index (χ4v) is 4.60. The second-order valence-electron chi connectivity index (χ2n) is 8.00. The fraction of sp³-hybridized carbons (Fsp3) is 0.375. The number of nitrogens with zero attached hydrogens (tertiary/aromatic N) is 3. The molecule has 3 aromatic rings. The van der Waals surface area contributed by atoms with Crippen LogP contribution in [0.25, 0.3) is 0 Å². The Morgan fingerprint density at radius 1 is 1.21 bits per heavy atom. The number of hydrogen-bond donors (Lipinski definition) is 3. The number of carbonyl (C=O) groups excluding carboxylic acids is 1. The summed E-state index contributed by atoms with van der Waals surface area (Å²) in [5.74, 6) is 0.689. The molecule has 2 aromatic carbocycles. The molecular formula is C24H29N5O4S. The van der Waals surface area contributed by atoms with Crippen LogP contribution in [0, 0.1) is 0 Å². The van der Waals surface area contributed by atoms with Crippen LogP contribution < -0.4 is 10.6 Å². The van der Waals surface area contributed by atoms with E-state index in [0.717, 1.165) is 21.8 Å². The lowest BCUT2D eigenvalue weighted by Crippen LogP contribution is -2.31. The minimum atomic E-state index is -0.600. The van der Waals surface area contributed by atoms with Crippen molar-refractivity contribution < 1.29 is 19.4 Å². The summed E-state index contributed by atoms with van der Waals surface area (Å²) in [5.41, 5.74) is 3.36. The summed E-state index contributed by atoms with van der Waals surface area (Å²) in [7, 11) is 1.91. The molecule has 180 valence electrons. The number of carbonyl (C=O) groups is 1. The van der Waals surface area contributed by atoms with Gasteiger partial charge in [0, 0.05) is 37.0 Å². The van der Waals surface area contributed by atoms with E-state index in [-0.39, 0.29) is 24.8 Å². The standard InChI is InChI=1S/C24H29N5O4S/c1-3-25-23(31)27-19-6-4-5-18(11-19)22-32-20(14-34-24-28-26-15-29(24)2)12-21(33-22)17-9-7-16(13-30)8-10-17/h4-11,15,20-22,30H,3,12-14H2,1-2H3,(H2,25,27,31). The van der Waals surface area contributed by atoms with E-state index in [1.54, 1.807) is 18.1 Å². The maximum Gasteiger partial charge on any atom is 0.319 e. The zero-order chi connectivity index (χ0) is 23.9. The molecule has 1 aromatic heterocycles. The maximum atomic E-state index is 11.9. The Bertz CT molecular complexity index is 1090. The van der Waals surface area contributed by atoms with E-state index in [1.807, 2.05) is 67.1 Å². The summed E-state index contributed by atoms with van der Waals surface area (Å²) in [5, 5.41) is 23.8. The highest BCUT2D eigenvalue weighted by molar-refractivity contribution is 7.99. The first-order valence-electron chi connectivity index (χ1n) is 11.2. The number of aliphatic hydroxyl groups is 1. The molecule has 2 amide bonds. The average Bonchev–Trinajstić information content (AvgIpc) is 3.27. The summed E-state index contributed by atoms with van der Waals surface area (Å²) in [4.78, 5) is 11.9. The number of urea groups is 1. The Morgan fingerprint density at radius 2 is 2.03 bits per heavy atom. The summed E-state index contributed by atoms with van der Waals surface area (Å²) < 4.78 is 14.6. The maximum absolute atomic E-state index is 11.9. The first-order valence-corrected chi connectivity index (χ1v) is 12.2. The van der Waals surface area contributed by atoms with Crippen LogP contribution in [0.5, 0.6) is 0 Å². The zero-order valence-electron chi connectivity index (χ0n) is 19.2. The highest BCUT2D eigenvalue weighted by atomic mass is 32.2. The normalized spacial score (nSPS) is 20.1. The van der Waals surface area contributed by atoms with Gasteiger partial charge in [0.05, 0.1) is 18.8 Å². The van der Waals surface area contributed by atoms with Crippen LogP contribution in [0.4, 0.5) is 10.5 Å². The Hall–Kier alpha value is -2.92. The first-order chi connectivity index (χ1) is 16.6. The lowest BCUT2D eigenvalue weighted by molar-refractivity contribution is -0.245. The quantitative estimate of drug-likeness (QED) is 0.418. The Balaban J connectivity index is 1.53. The van der Waals surface area contributed by atoms with Crippen LogP contribution in [0.15, 0.2) is 60.0 Å². The van der Waals surface area contributed by atoms with E-state index in [2.05, 4.69) is 20.8 Å². The summed E-state index contributed by atoms with van der Waals surface area (Å²) in [6.07, 6.45) is 1.47. The van der Waals surface area contributed by atoms with Gasteiger partial charge in [-0.2, -0.15) is 0 Å². The topological polar surface area (TPSA) is 111 Å². The number of nitrogens with one attached hydrogen (secondary N) is 2. The number of ether oxygens (including phenoxy) is 2. The molecule has 9 nitrogen and oxygen atoms in total. The molecule has 3 N–H and O–H groups in total. The van der Waals surface area contributed by atoms with Gasteiger partial charge in [0.1, 0.15) is 6.33 Å². The molecule has 0 radical (unpaired) electrons. The number of anilines is 1. The second kappa shape index (κ2) is 11.5.